The van der Waals surface area contributed by atoms with Crippen LogP contribution >= 0.6 is 0 Å². The summed E-state index contributed by atoms with van der Waals surface area (Å²) in [6.07, 6.45) is 2.77. The largest absolute Gasteiger partial charge is 0.495 e. The van der Waals surface area contributed by atoms with Gasteiger partial charge in [0.05, 0.1) is 19.4 Å². The predicted molar refractivity (Wildman–Crippen MR) is 72.1 cm³/mol. The van der Waals surface area contributed by atoms with Gasteiger partial charge >= 0.3 is 11.9 Å². The summed E-state index contributed by atoms with van der Waals surface area (Å²) in [7, 11) is 1.49. The van der Waals surface area contributed by atoms with Crippen molar-refractivity contribution in [2.24, 2.45) is 0 Å². The maximum atomic E-state index is 11.6. The lowest BCUT2D eigenvalue weighted by Crippen LogP contribution is -2.25. The highest BCUT2D eigenvalue weighted by Crippen LogP contribution is 2.22. The van der Waals surface area contributed by atoms with E-state index in [4.69, 9.17) is 9.47 Å². The molecule has 0 radical (unpaired) electrons. The first-order valence-corrected chi connectivity index (χ1v) is 6.30. The Morgan fingerprint density at radius 1 is 1.21 bits per heavy atom. The first-order chi connectivity index (χ1) is 9.19. The lowest BCUT2D eigenvalue weighted by atomic mass is 10.3. The third-order valence-corrected chi connectivity index (χ3v) is 2.52. The van der Waals surface area contributed by atoms with Crippen LogP contribution in [-0.2, 0) is 14.3 Å². The zero-order valence-corrected chi connectivity index (χ0v) is 11.3. The van der Waals surface area contributed by atoms with Crippen LogP contribution in [0.5, 0.6) is 5.75 Å². The molecule has 104 valence electrons. The highest BCUT2D eigenvalue weighted by molar-refractivity contribution is 6.37. The summed E-state index contributed by atoms with van der Waals surface area (Å²) in [5, 5.41) is 2.46. The zero-order valence-electron chi connectivity index (χ0n) is 11.3. The first kappa shape index (κ1) is 15.0. The van der Waals surface area contributed by atoms with Crippen molar-refractivity contribution in [1.29, 1.82) is 0 Å². The molecule has 1 rings (SSSR count). The summed E-state index contributed by atoms with van der Waals surface area (Å²) in [5.41, 5.74) is 0.445. The molecule has 0 atom stereocenters. The number of esters is 1. The quantitative estimate of drug-likeness (QED) is 0.487. The van der Waals surface area contributed by atoms with Gasteiger partial charge in [-0.1, -0.05) is 31.9 Å². The van der Waals surface area contributed by atoms with Crippen LogP contribution in [0.3, 0.4) is 0 Å². The summed E-state index contributed by atoms with van der Waals surface area (Å²) in [5.74, 6) is -1.17. The normalized spacial score (nSPS) is 9.79. The number of hydrogen-bond acceptors (Lipinski definition) is 4. The van der Waals surface area contributed by atoms with E-state index in [1.165, 1.54) is 7.11 Å². The fourth-order valence-electron chi connectivity index (χ4n) is 1.50. The van der Waals surface area contributed by atoms with Gasteiger partial charge in [-0.15, -0.1) is 0 Å². The zero-order chi connectivity index (χ0) is 14.1. The molecule has 0 bridgehead atoms. The number of nitrogens with one attached hydrogen (secondary N) is 1. The molecular formula is C14H19NO4. The van der Waals surface area contributed by atoms with Crippen LogP contribution in [0.15, 0.2) is 24.3 Å². The maximum absolute atomic E-state index is 11.6. The summed E-state index contributed by atoms with van der Waals surface area (Å²) in [4.78, 5) is 23.0. The molecule has 0 unspecified atom stereocenters. The molecule has 0 aliphatic heterocycles. The molecule has 0 aliphatic rings. The molecule has 0 aromatic heterocycles. The molecule has 0 fully saturated rings. The molecule has 5 nitrogen and oxygen atoms in total. The average molecular weight is 265 g/mol. The second-order valence-corrected chi connectivity index (χ2v) is 4.00. The number of carbonyl (C=O) groups is 2. The van der Waals surface area contributed by atoms with Crippen LogP contribution in [-0.4, -0.2) is 25.6 Å². The summed E-state index contributed by atoms with van der Waals surface area (Å²) in [6.45, 7) is 2.32. The first-order valence-electron chi connectivity index (χ1n) is 6.30. The van der Waals surface area contributed by atoms with Crippen molar-refractivity contribution in [1.82, 2.24) is 0 Å². The van der Waals surface area contributed by atoms with Crippen molar-refractivity contribution in [2.45, 2.75) is 26.2 Å². The Labute approximate surface area is 112 Å². The number of amides is 1. The molecular weight excluding hydrogens is 246 g/mol. The molecule has 1 aromatic rings. The minimum Gasteiger partial charge on any atom is -0.495 e. The molecule has 0 saturated carbocycles. The Kier molecular flexibility index (Phi) is 6.43. The van der Waals surface area contributed by atoms with Gasteiger partial charge in [0.25, 0.3) is 0 Å². The molecule has 0 spiro atoms. The molecule has 19 heavy (non-hydrogen) atoms. The molecule has 0 aliphatic carbocycles. The van der Waals surface area contributed by atoms with Gasteiger partial charge in [-0.25, -0.2) is 4.79 Å². The van der Waals surface area contributed by atoms with E-state index in [1.54, 1.807) is 24.3 Å². The van der Waals surface area contributed by atoms with Gasteiger partial charge in [-0.05, 0) is 18.6 Å². The van der Waals surface area contributed by atoms with Crippen LogP contribution in [0.2, 0.25) is 0 Å². The minimum atomic E-state index is -0.873. The SMILES string of the molecule is CCCCCOC(=O)C(=O)Nc1ccccc1OC. The number of unbranched alkanes of at least 4 members (excludes halogenated alkanes) is 2. The summed E-state index contributed by atoms with van der Waals surface area (Å²) >= 11 is 0. The van der Waals surface area contributed by atoms with E-state index >= 15 is 0 Å². The fourth-order valence-corrected chi connectivity index (χ4v) is 1.50. The van der Waals surface area contributed by atoms with E-state index in [0.717, 1.165) is 19.3 Å². The molecule has 5 heteroatoms. The van der Waals surface area contributed by atoms with Gasteiger partial charge in [0.15, 0.2) is 0 Å². The molecule has 1 aromatic carbocycles. The molecule has 1 N–H and O–H groups in total. The van der Waals surface area contributed by atoms with Crippen LogP contribution in [0.25, 0.3) is 0 Å². The van der Waals surface area contributed by atoms with Crippen LogP contribution in [0.4, 0.5) is 5.69 Å². The van der Waals surface area contributed by atoms with E-state index in [1.807, 2.05) is 0 Å². The van der Waals surface area contributed by atoms with Gasteiger partial charge in [0.1, 0.15) is 5.75 Å². The van der Waals surface area contributed by atoms with E-state index < -0.39 is 11.9 Å². The molecule has 0 heterocycles. The number of hydrogen-bond donors (Lipinski definition) is 1. The second-order valence-electron chi connectivity index (χ2n) is 4.00. The number of ether oxygens (including phenoxy) is 2. The Morgan fingerprint density at radius 3 is 2.63 bits per heavy atom. The van der Waals surface area contributed by atoms with Crippen LogP contribution < -0.4 is 10.1 Å². The number of methoxy groups -OCH3 is 1. The van der Waals surface area contributed by atoms with Crippen molar-refractivity contribution in [3.63, 3.8) is 0 Å². The smallest absolute Gasteiger partial charge is 0.397 e. The Morgan fingerprint density at radius 2 is 1.95 bits per heavy atom. The molecule has 0 saturated heterocycles. The van der Waals surface area contributed by atoms with Gasteiger partial charge in [0, 0.05) is 0 Å². The molecule has 1 amide bonds. The topological polar surface area (TPSA) is 64.6 Å². The number of rotatable bonds is 6. The van der Waals surface area contributed by atoms with E-state index in [2.05, 4.69) is 12.2 Å². The standard InChI is InChI=1S/C14H19NO4/c1-3-4-7-10-19-14(17)13(16)15-11-8-5-6-9-12(11)18-2/h5-6,8-9H,3-4,7,10H2,1-2H3,(H,15,16). The van der Waals surface area contributed by atoms with Crippen molar-refractivity contribution in [2.75, 3.05) is 19.0 Å². The van der Waals surface area contributed by atoms with Crippen molar-refractivity contribution >= 4 is 17.6 Å². The number of benzene rings is 1. The van der Waals surface area contributed by atoms with Crippen LogP contribution in [0, 0.1) is 0 Å². The van der Waals surface area contributed by atoms with E-state index in [0.29, 0.717) is 11.4 Å². The lowest BCUT2D eigenvalue weighted by molar-refractivity contribution is -0.152. The fraction of sp³-hybridized carbons (Fsp3) is 0.429. The van der Waals surface area contributed by atoms with Crippen molar-refractivity contribution in [3.8, 4) is 5.75 Å². The number of para-hydroxylation sites is 2. The van der Waals surface area contributed by atoms with Crippen LogP contribution in [0.1, 0.15) is 26.2 Å². The number of carbonyl (C=O) groups excluding carboxylic acids is 2. The van der Waals surface area contributed by atoms with Gasteiger partial charge in [-0.3, -0.25) is 4.79 Å². The maximum Gasteiger partial charge on any atom is 0.397 e. The monoisotopic (exact) mass is 265 g/mol. The highest BCUT2D eigenvalue weighted by atomic mass is 16.5. The van der Waals surface area contributed by atoms with Gasteiger partial charge in [0.2, 0.25) is 0 Å². The minimum absolute atomic E-state index is 0.270. The van der Waals surface area contributed by atoms with Crippen molar-refractivity contribution < 1.29 is 19.1 Å². The van der Waals surface area contributed by atoms with Gasteiger partial charge in [-0.2, -0.15) is 0 Å². The number of anilines is 1. The van der Waals surface area contributed by atoms with Gasteiger partial charge < -0.3 is 14.8 Å². The lowest BCUT2D eigenvalue weighted by Gasteiger charge is -2.09. The third kappa shape index (κ3) is 4.99. The Bertz CT molecular complexity index is 431. The summed E-state index contributed by atoms with van der Waals surface area (Å²) in [6, 6.07) is 6.87. The van der Waals surface area contributed by atoms with Crippen molar-refractivity contribution in [3.05, 3.63) is 24.3 Å². The second kappa shape index (κ2) is 8.13. The van der Waals surface area contributed by atoms with E-state index in [-0.39, 0.29) is 6.61 Å². The Hall–Kier alpha value is -2.04. The average Bonchev–Trinajstić information content (AvgIpc) is 2.44. The highest BCUT2D eigenvalue weighted by Gasteiger charge is 2.16. The third-order valence-electron chi connectivity index (χ3n) is 2.52. The Balaban J connectivity index is 2.47. The summed E-state index contributed by atoms with van der Waals surface area (Å²) < 4.78 is 9.93. The predicted octanol–water partition coefficient (Wildman–Crippen LogP) is 2.37. The van der Waals surface area contributed by atoms with E-state index in [9.17, 15) is 9.59 Å².